The first-order valence-corrected chi connectivity index (χ1v) is 38.0. The Labute approximate surface area is 621 Å². The van der Waals surface area contributed by atoms with E-state index in [1.54, 1.807) is 13.8 Å². The number of hydrogen-bond donors (Lipinski definition) is 12. The number of aliphatic carboxylic acids is 2. The van der Waals surface area contributed by atoms with Crippen molar-refractivity contribution in [3.8, 4) is 22.8 Å². The topological polar surface area (TPSA) is 453 Å². The summed E-state index contributed by atoms with van der Waals surface area (Å²) >= 11 is 0. The third-order valence-electron chi connectivity index (χ3n) is 16.1. The molecule has 108 heavy (non-hydrogen) atoms. The SMILES string of the molecule is CCCNC(=O)Nc1cccc(S(=O)(=O)Nc2cccc(C(CC(=O)O)NC(=O)Nc3ccc(NC(=O)NCCOCCOCCOCCC(=O)NC(CC(=O)O)C(=O)N4CCCC4C(=O)NC(C(=O)N=S(C)(=O)Cc4cc5nc(c4)OCCCOc4cc(F)ccc4-c4cc(ncc4F)N5)C(C)C)cc3)c2)c1. The molecule has 10 amide bonds. The van der Waals surface area contributed by atoms with E-state index in [4.69, 9.17) is 23.7 Å². The fourth-order valence-corrected chi connectivity index (χ4v) is 13.5. The number of halogens is 2. The number of carboxylic acid groups (broad SMARTS) is 2. The number of sulfonamides is 1. The van der Waals surface area contributed by atoms with Crippen LogP contribution in [0.4, 0.5) is 57.5 Å². The molecule has 0 aliphatic carbocycles. The lowest BCUT2D eigenvalue weighted by atomic mass is 10.0. The minimum atomic E-state index is -4.19. The maximum atomic E-state index is 15.2. The minimum Gasteiger partial charge on any atom is -0.493 e. The number of carbonyl (C=O) groups excluding carboxylic acids is 7. The van der Waals surface area contributed by atoms with E-state index < -0.39 is 128 Å². The van der Waals surface area contributed by atoms with Gasteiger partial charge in [0, 0.05) is 84.7 Å². The van der Waals surface area contributed by atoms with Crippen molar-refractivity contribution < 1.29 is 98.5 Å². The zero-order valence-electron chi connectivity index (χ0n) is 59.5. The average Bonchev–Trinajstić information content (AvgIpc) is 1.04. The quantitative estimate of drug-likeness (QED) is 0.0174. The van der Waals surface area contributed by atoms with E-state index in [-0.39, 0.29) is 146 Å². The second-order valence-electron chi connectivity index (χ2n) is 25.2. The molecule has 5 atom stereocenters. The average molecular weight is 1540 g/mol. The molecular weight excluding hydrogens is 1450 g/mol. The summed E-state index contributed by atoms with van der Waals surface area (Å²) in [5.74, 6) is -7.52. The molecule has 580 valence electrons. The summed E-state index contributed by atoms with van der Waals surface area (Å²) in [6, 6.07) is 18.6. The van der Waals surface area contributed by atoms with Crippen LogP contribution in [0.3, 0.4) is 0 Å². The number of carboxylic acids is 2. The number of benzene rings is 4. The Balaban J connectivity index is 0.708. The van der Waals surface area contributed by atoms with Crippen molar-refractivity contribution in [2.24, 2.45) is 10.3 Å². The van der Waals surface area contributed by atoms with Gasteiger partial charge in [-0.25, -0.2) is 40.8 Å². The molecule has 1 fully saturated rings. The number of rotatable bonds is 34. The van der Waals surface area contributed by atoms with Gasteiger partial charge in [0.25, 0.3) is 15.9 Å². The van der Waals surface area contributed by atoms with E-state index in [0.29, 0.717) is 37.1 Å². The van der Waals surface area contributed by atoms with E-state index in [9.17, 15) is 70.4 Å². The van der Waals surface area contributed by atoms with Gasteiger partial charge in [-0.05, 0) is 115 Å². The number of hydrogen-bond acceptors (Lipinski definition) is 20. The van der Waals surface area contributed by atoms with E-state index >= 15 is 4.39 Å². The first kappa shape index (κ1) is 82.5. The number of likely N-dealkylation sites (tertiary alicyclic amines) is 1. The number of amides is 10. The van der Waals surface area contributed by atoms with Crippen LogP contribution in [-0.2, 0) is 68.5 Å². The lowest BCUT2D eigenvalue weighted by molar-refractivity contribution is -0.146. The van der Waals surface area contributed by atoms with Gasteiger partial charge in [0.05, 0.1) is 98.3 Å². The van der Waals surface area contributed by atoms with Crippen molar-refractivity contribution >= 4 is 108 Å². The van der Waals surface area contributed by atoms with Gasteiger partial charge in [0.1, 0.15) is 47.1 Å². The van der Waals surface area contributed by atoms with Crippen molar-refractivity contribution in [1.29, 1.82) is 0 Å². The maximum absolute atomic E-state index is 15.2. The van der Waals surface area contributed by atoms with Crippen molar-refractivity contribution in [2.75, 3.05) is 105 Å². The Kier molecular flexibility index (Phi) is 30.5. The fourth-order valence-electron chi connectivity index (χ4n) is 11.1. The molecule has 0 saturated carbocycles. The van der Waals surface area contributed by atoms with Crippen molar-refractivity contribution in [1.82, 2.24) is 41.5 Å². The first-order valence-electron chi connectivity index (χ1n) is 34.4. The van der Waals surface area contributed by atoms with E-state index in [0.717, 1.165) is 17.2 Å². The van der Waals surface area contributed by atoms with Gasteiger partial charge >= 0.3 is 30.0 Å². The number of fused-ring (bicyclic) bond motifs is 6. The molecule has 1 saturated heterocycles. The van der Waals surface area contributed by atoms with Crippen LogP contribution in [0.5, 0.6) is 11.6 Å². The van der Waals surface area contributed by atoms with Crippen LogP contribution in [0, 0.1) is 17.6 Å². The van der Waals surface area contributed by atoms with Gasteiger partial charge in [0.15, 0.2) is 0 Å². The lowest BCUT2D eigenvalue weighted by Gasteiger charge is -2.29. The van der Waals surface area contributed by atoms with Gasteiger partial charge in [-0.2, -0.15) is 9.35 Å². The van der Waals surface area contributed by atoms with E-state index in [1.807, 2.05) is 6.92 Å². The van der Waals surface area contributed by atoms with E-state index in [1.165, 1.54) is 109 Å². The normalized spacial score (nSPS) is 14.7. The maximum Gasteiger partial charge on any atom is 0.319 e. The molecule has 0 spiro atoms. The molecule has 12 N–H and O–H groups in total. The minimum absolute atomic E-state index is 0.0323. The van der Waals surface area contributed by atoms with Gasteiger partial charge in [-0.15, -0.1) is 0 Å². The van der Waals surface area contributed by atoms with Crippen LogP contribution < -0.4 is 62.0 Å². The third-order valence-corrected chi connectivity index (χ3v) is 18.9. The second-order valence-corrected chi connectivity index (χ2v) is 29.2. The summed E-state index contributed by atoms with van der Waals surface area (Å²) in [6.07, 6.45) is 2.09. The molecular formula is C71H86F2N14O19S2. The third kappa shape index (κ3) is 26.1. The zero-order valence-corrected chi connectivity index (χ0v) is 61.1. The fraction of sp³-hybridized carbons (Fsp3) is 0.394. The number of ether oxygens (including phenoxy) is 5. The molecule has 8 rings (SSSR count). The molecule has 5 unspecified atom stereocenters. The smallest absolute Gasteiger partial charge is 0.319 e. The number of urea groups is 3. The molecule has 4 aromatic carbocycles. The summed E-state index contributed by atoms with van der Waals surface area (Å²) in [4.78, 5) is 126. The highest BCUT2D eigenvalue weighted by molar-refractivity contribution is 7.93. The highest BCUT2D eigenvalue weighted by Gasteiger charge is 2.40. The molecule has 4 heterocycles. The molecule has 6 aromatic rings. The van der Waals surface area contributed by atoms with E-state index in [2.05, 4.69) is 66.9 Å². The highest BCUT2D eigenvalue weighted by atomic mass is 32.2. The predicted molar refractivity (Wildman–Crippen MR) is 392 cm³/mol. The van der Waals surface area contributed by atoms with Crippen molar-refractivity contribution in [3.63, 3.8) is 0 Å². The number of anilines is 6. The summed E-state index contributed by atoms with van der Waals surface area (Å²) < 4.78 is 105. The number of carbonyl (C=O) groups is 9. The summed E-state index contributed by atoms with van der Waals surface area (Å²) in [6.45, 7) is 6.33. The van der Waals surface area contributed by atoms with Gasteiger partial charge in [-0.3, -0.25) is 33.5 Å². The van der Waals surface area contributed by atoms with Crippen LogP contribution in [0.2, 0.25) is 0 Å². The monoisotopic (exact) mass is 1540 g/mol. The van der Waals surface area contributed by atoms with Crippen molar-refractivity contribution in [3.05, 3.63) is 138 Å². The standard InChI is InChI=1S/C71H86F2N14O19S2/c1-5-22-74-69(96)79-49-11-7-13-51(37-49)108(100,101)85-50-12-6-10-45(35-50)55(39-63(89)90)81-71(98)78-48-18-16-47(17-19-48)77-70(97)75-23-28-103-30-32-104-31-29-102-27-21-61(88)80-56(40-64(91)92)68(95)87-24-8-14-57(87)66(93)84-65(43(2)3)67(94)86-107(4,99)42-44-33-60-82-59-38-53(54(73)41-76-59)52-20-15-46(72)36-58(52)105-25-9-26-106-62(34-44)83-60/h6-7,10-13,15-20,33-38,41,43,55-57,65,85H,5,8-9,14,21-32,39-40,42H2,1-4H3,(H,80,88)(H,84,93)(H,89,90)(H,91,92)(H2,74,79,96)(H2,75,77,97)(H,76,82,83)(H2,78,81,98). The van der Waals surface area contributed by atoms with Crippen LogP contribution >= 0.6 is 0 Å². The molecule has 33 nitrogen and oxygen atoms in total. The molecule has 2 aliphatic heterocycles. The predicted octanol–water partition coefficient (Wildman–Crippen LogP) is 7.47. The molecule has 2 aromatic heterocycles. The zero-order chi connectivity index (χ0) is 77.9. The summed E-state index contributed by atoms with van der Waals surface area (Å²) in [5.41, 5.74) is 1.95. The molecule has 0 radical (unpaired) electrons. The number of nitrogens with zero attached hydrogens (tertiary/aromatic N) is 4. The number of pyridine rings is 2. The van der Waals surface area contributed by atoms with Crippen LogP contribution in [0.1, 0.15) is 82.9 Å². The molecule has 2 aliphatic rings. The Morgan fingerprint density at radius 1 is 0.685 bits per heavy atom. The Morgan fingerprint density at radius 3 is 2.05 bits per heavy atom. The molecule has 37 heteroatoms. The largest absolute Gasteiger partial charge is 0.493 e. The summed E-state index contributed by atoms with van der Waals surface area (Å²) in [5, 5.41) is 43.2. The van der Waals surface area contributed by atoms with Crippen LogP contribution in [0.15, 0.2) is 125 Å². The van der Waals surface area contributed by atoms with Gasteiger partial charge in [-0.1, -0.05) is 39.0 Å². The summed E-state index contributed by atoms with van der Waals surface area (Å²) in [7, 11) is -7.61. The Bertz CT molecular complexity index is 4460. The van der Waals surface area contributed by atoms with Gasteiger partial charge in [0.2, 0.25) is 23.6 Å². The van der Waals surface area contributed by atoms with Gasteiger partial charge < -0.3 is 86.6 Å². The Morgan fingerprint density at radius 2 is 1.34 bits per heavy atom. The number of nitrogens with one attached hydrogen (secondary N) is 10. The number of aromatic nitrogens is 2. The highest BCUT2D eigenvalue weighted by Crippen LogP contribution is 2.35. The molecule has 4 bridgehead atoms. The Hall–Kier alpha value is -11.2. The lowest BCUT2D eigenvalue weighted by Crippen LogP contribution is -2.56. The van der Waals surface area contributed by atoms with Crippen LogP contribution in [-0.4, -0.2) is 188 Å². The second kappa shape index (κ2) is 40.0. The first-order chi connectivity index (χ1) is 51.6. The van der Waals surface area contributed by atoms with Crippen molar-refractivity contribution in [2.45, 2.75) is 101 Å². The van der Waals surface area contributed by atoms with Crippen LogP contribution in [0.25, 0.3) is 11.1 Å².